The van der Waals surface area contributed by atoms with Crippen LogP contribution >= 0.6 is 0 Å². The summed E-state index contributed by atoms with van der Waals surface area (Å²) >= 11 is 0. The molecule has 0 heterocycles. The van der Waals surface area contributed by atoms with Gasteiger partial charge in [0.1, 0.15) is 0 Å². The fourth-order valence-corrected chi connectivity index (χ4v) is 0.821. The van der Waals surface area contributed by atoms with Crippen molar-refractivity contribution in [3.8, 4) is 0 Å². The van der Waals surface area contributed by atoms with Crippen molar-refractivity contribution in [3.05, 3.63) is 30.3 Å². The Balaban J connectivity index is 2.42. The first-order valence-electron chi connectivity index (χ1n) is 4.07. The zero-order valence-corrected chi connectivity index (χ0v) is 7.70. The first kappa shape index (κ1) is 10.0. The molecular weight excluding hydrogens is 182 g/mol. The Morgan fingerprint density at radius 1 is 1.07 bits per heavy atom. The van der Waals surface area contributed by atoms with Crippen LogP contribution in [0.4, 0.5) is 5.69 Å². The molecule has 2 amide bonds. The van der Waals surface area contributed by atoms with E-state index in [1.54, 1.807) is 12.1 Å². The van der Waals surface area contributed by atoms with E-state index in [1.807, 2.05) is 18.2 Å². The van der Waals surface area contributed by atoms with Crippen molar-refractivity contribution >= 4 is 17.5 Å². The third-order valence-electron chi connectivity index (χ3n) is 1.53. The molecule has 3 N–H and O–H groups in total. The molecule has 0 radical (unpaired) electrons. The third kappa shape index (κ3) is 2.78. The van der Waals surface area contributed by atoms with Gasteiger partial charge in [-0.05, 0) is 12.1 Å². The zero-order valence-electron chi connectivity index (χ0n) is 7.70. The molecule has 0 saturated carbocycles. The highest BCUT2D eigenvalue weighted by Crippen LogP contribution is 2.01. The summed E-state index contributed by atoms with van der Waals surface area (Å²) < 4.78 is 0. The van der Waals surface area contributed by atoms with Crippen LogP contribution in [-0.2, 0) is 9.59 Å². The van der Waals surface area contributed by atoms with Gasteiger partial charge in [0.2, 0.25) is 0 Å². The number of benzene rings is 1. The number of hydrogen-bond acceptors (Lipinski definition) is 3. The quantitative estimate of drug-likeness (QED) is 0.453. The number of hydrogen-bond donors (Lipinski definition) is 3. The molecule has 0 aliphatic heterocycles. The molecule has 0 aromatic heterocycles. The minimum absolute atomic E-state index is 0.687. The van der Waals surface area contributed by atoms with Gasteiger partial charge < -0.3 is 5.32 Å². The molecular formula is C9H11N3O2. The average molecular weight is 193 g/mol. The Kier molecular flexibility index (Phi) is 3.49. The van der Waals surface area contributed by atoms with E-state index in [-0.39, 0.29) is 0 Å². The van der Waals surface area contributed by atoms with Crippen LogP contribution in [-0.4, -0.2) is 18.9 Å². The van der Waals surface area contributed by atoms with Gasteiger partial charge >= 0.3 is 11.8 Å². The second-order valence-electron chi connectivity index (χ2n) is 2.52. The second kappa shape index (κ2) is 4.86. The molecule has 0 unspecified atom stereocenters. The lowest BCUT2D eigenvalue weighted by Crippen LogP contribution is -2.40. The lowest BCUT2D eigenvalue weighted by Gasteiger charge is -2.06. The van der Waals surface area contributed by atoms with E-state index in [2.05, 4.69) is 16.2 Å². The van der Waals surface area contributed by atoms with Crippen molar-refractivity contribution in [3.63, 3.8) is 0 Å². The highest BCUT2D eigenvalue weighted by atomic mass is 16.2. The van der Waals surface area contributed by atoms with Gasteiger partial charge in [0.15, 0.2) is 0 Å². The van der Waals surface area contributed by atoms with Crippen molar-refractivity contribution in [2.75, 3.05) is 12.5 Å². The Morgan fingerprint density at radius 2 is 1.71 bits per heavy atom. The summed E-state index contributed by atoms with van der Waals surface area (Å²) in [5.41, 5.74) is 5.56. The van der Waals surface area contributed by atoms with E-state index < -0.39 is 11.8 Å². The number of nitrogens with one attached hydrogen (secondary N) is 3. The summed E-state index contributed by atoms with van der Waals surface area (Å²) in [5, 5.41) is 2.21. The minimum Gasteiger partial charge on any atom is -0.351 e. The molecule has 1 aromatic carbocycles. The largest absolute Gasteiger partial charge is 0.351 e. The number of para-hydroxylation sites is 1. The van der Waals surface area contributed by atoms with Crippen LogP contribution < -0.4 is 16.2 Å². The molecule has 5 heteroatoms. The lowest BCUT2D eigenvalue weighted by atomic mass is 10.3. The predicted octanol–water partition coefficient (Wildman–Crippen LogP) is -0.124. The van der Waals surface area contributed by atoms with Gasteiger partial charge in [-0.25, -0.2) is 0 Å². The lowest BCUT2D eigenvalue weighted by molar-refractivity contribution is -0.138. The van der Waals surface area contributed by atoms with Crippen molar-refractivity contribution in [1.29, 1.82) is 0 Å². The van der Waals surface area contributed by atoms with Crippen LogP contribution in [0, 0.1) is 0 Å². The maximum absolute atomic E-state index is 11.0. The molecule has 0 aliphatic carbocycles. The van der Waals surface area contributed by atoms with Gasteiger partial charge in [-0.2, -0.15) is 0 Å². The van der Waals surface area contributed by atoms with E-state index >= 15 is 0 Å². The smallest absolute Gasteiger partial charge is 0.327 e. The molecule has 5 nitrogen and oxygen atoms in total. The summed E-state index contributed by atoms with van der Waals surface area (Å²) in [6, 6.07) is 9.02. The number of rotatable bonds is 2. The first-order chi connectivity index (χ1) is 6.74. The Labute approximate surface area is 81.5 Å². The van der Waals surface area contributed by atoms with Crippen molar-refractivity contribution in [1.82, 2.24) is 10.7 Å². The number of anilines is 1. The minimum atomic E-state index is -0.726. The summed E-state index contributed by atoms with van der Waals surface area (Å²) in [4.78, 5) is 21.7. The van der Waals surface area contributed by atoms with Crippen LogP contribution in [0.15, 0.2) is 30.3 Å². The Morgan fingerprint density at radius 3 is 2.29 bits per heavy atom. The van der Waals surface area contributed by atoms with E-state index in [9.17, 15) is 9.59 Å². The fourth-order valence-electron chi connectivity index (χ4n) is 0.821. The van der Waals surface area contributed by atoms with Gasteiger partial charge in [0.25, 0.3) is 0 Å². The van der Waals surface area contributed by atoms with Gasteiger partial charge in [0.05, 0.1) is 5.69 Å². The van der Waals surface area contributed by atoms with Gasteiger partial charge in [-0.15, -0.1) is 0 Å². The van der Waals surface area contributed by atoms with Gasteiger partial charge in [0, 0.05) is 7.05 Å². The SMILES string of the molecule is CNC(=O)C(=O)NNc1ccccc1. The van der Waals surface area contributed by atoms with E-state index in [0.717, 1.165) is 0 Å². The number of carbonyl (C=O) groups excluding carboxylic acids is 2. The van der Waals surface area contributed by atoms with E-state index in [4.69, 9.17) is 0 Å². The fraction of sp³-hybridized carbons (Fsp3) is 0.111. The number of amides is 2. The van der Waals surface area contributed by atoms with Crippen LogP contribution in [0.5, 0.6) is 0 Å². The molecule has 0 fully saturated rings. The Bertz CT molecular complexity index is 324. The van der Waals surface area contributed by atoms with Gasteiger partial charge in [-0.3, -0.25) is 20.4 Å². The van der Waals surface area contributed by atoms with Gasteiger partial charge in [-0.1, -0.05) is 18.2 Å². The highest BCUT2D eigenvalue weighted by Gasteiger charge is 2.09. The van der Waals surface area contributed by atoms with Crippen LogP contribution in [0.2, 0.25) is 0 Å². The molecule has 0 saturated heterocycles. The molecule has 0 bridgehead atoms. The maximum Gasteiger partial charge on any atom is 0.327 e. The third-order valence-corrected chi connectivity index (χ3v) is 1.53. The van der Waals surface area contributed by atoms with Crippen LogP contribution in [0.3, 0.4) is 0 Å². The van der Waals surface area contributed by atoms with Crippen LogP contribution in [0.1, 0.15) is 0 Å². The van der Waals surface area contributed by atoms with E-state index in [1.165, 1.54) is 7.05 Å². The molecule has 0 atom stereocenters. The van der Waals surface area contributed by atoms with Crippen molar-refractivity contribution < 1.29 is 9.59 Å². The molecule has 0 spiro atoms. The normalized spacial score (nSPS) is 8.93. The molecule has 14 heavy (non-hydrogen) atoms. The number of likely N-dealkylation sites (N-methyl/N-ethyl adjacent to an activating group) is 1. The monoisotopic (exact) mass is 193 g/mol. The first-order valence-corrected chi connectivity index (χ1v) is 4.07. The Hall–Kier alpha value is -2.04. The molecule has 1 aromatic rings. The van der Waals surface area contributed by atoms with E-state index in [0.29, 0.717) is 5.69 Å². The standard InChI is InChI=1S/C9H11N3O2/c1-10-8(13)9(14)12-11-7-5-3-2-4-6-7/h2-6,11H,1H3,(H,10,13)(H,12,14). The summed E-state index contributed by atoms with van der Waals surface area (Å²) in [5.74, 6) is -1.41. The second-order valence-corrected chi connectivity index (χ2v) is 2.52. The average Bonchev–Trinajstić information content (AvgIpc) is 2.26. The summed E-state index contributed by atoms with van der Waals surface area (Å²) in [7, 11) is 1.39. The number of carbonyl (C=O) groups is 2. The number of hydrazine groups is 1. The molecule has 0 aliphatic rings. The summed E-state index contributed by atoms with van der Waals surface area (Å²) in [6.07, 6.45) is 0. The van der Waals surface area contributed by atoms with Crippen molar-refractivity contribution in [2.45, 2.75) is 0 Å². The predicted molar refractivity (Wildman–Crippen MR) is 52.3 cm³/mol. The topological polar surface area (TPSA) is 70.2 Å². The molecule has 1 rings (SSSR count). The molecule has 74 valence electrons. The zero-order chi connectivity index (χ0) is 10.4. The highest BCUT2D eigenvalue weighted by molar-refractivity contribution is 6.35. The summed E-state index contributed by atoms with van der Waals surface area (Å²) in [6.45, 7) is 0. The van der Waals surface area contributed by atoms with Crippen LogP contribution in [0.25, 0.3) is 0 Å². The maximum atomic E-state index is 11.0. The van der Waals surface area contributed by atoms with Crippen molar-refractivity contribution in [2.24, 2.45) is 0 Å².